The Morgan fingerprint density at radius 2 is 2.21 bits per heavy atom. The van der Waals surface area contributed by atoms with Crippen LogP contribution < -0.4 is 16.0 Å². The summed E-state index contributed by atoms with van der Waals surface area (Å²) in [5.74, 6) is 0.893. The van der Waals surface area contributed by atoms with Crippen molar-refractivity contribution in [2.45, 2.75) is 25.5 Å². The second-order valence-electron chi connectivity index (χ2n) is 6.76. The van der Waals surface area contributed by atoms with Crippen LogP contribution in [0.1, 0.15) is 25.2 Å². The average Bonchev–Trinajstić information content (AvgIpc) is 2.73. The van der Waals surface area contributed by atoms with Gasteiger partial charge in [-0.2, -0.15) is 5.26 Å². The largest absolute Gasteiger partial charge is 0.380 e. The zero-order valence-corrected chi connectivity index (χ0v) is 15.7. The number of anilines is 3. The minimum absolute atomic E-state index is 0.0339. The molecule has 28 heavy (non-hydrogen) atoms. The van der Waals surface area contributed by atoms with Crippen molar-refractivity contribution >= 4 is 17.3 Å². The minimum Gasteiger partial charge on any atom is -0.380 e. The Balaban J connectivity index is 1.81. The smallest absolute Gasteiger partial charge is 0.272 e. The number of nitrogens with one attached hydrogen (secondary N) is 3. The molecule has 1 aliphatic heterocycles. The van der Waals surface area contributed by atoms with Gasteiger partial charge in [-0.05, 0) is 0 Å². The van der Waals surface area contributed by atoms with Crippen LogP contribution >= 0.6 is 0 Å². The highest BCUT2D eigenvalue weighted by atomic mass is 16.5. The van der Waals surface area contributed by atoms with Crippen molar-refractivity contribution in [3.8, 4) is 6.07 Å². The van der Waals surface area contributed by atoms with Gasteiger partial charge >= 0.3 is 0 Å². The average molecular weight is 379 g/mol. The molecule has 1 aliphatic rings. The normalized spacial score (nSPS) is 16.6. The molecule has 1 saturated heterocycles. The summed E-state index contributed by atoms with van der Waals surface area (Å²) in [6.45, 7) is 13.9. The van der Waals surface area contributed by atoms with E-state index in [1.807, 2.05) is 6.07 Å². The van der Waals surface area contributed by atoms with Gasteiger partial charge in [0, 0.05) is 39.5 Å². The Bertz CT molecular complexity index is 893. The predicted molar refractivity (Wildman–Crippen MR) is 103 cm³/mol. The molecule has 0 radical (unpaired) electrons. The van der Waals surface area contributed by atoms with Gasteiger partial charge in [0.1, 0.15) is 11.9 Å². The molecule has 1 atom stereocenters. The van der Waals surface area contributed by atoms with E-state index in [-0.39, 0.29) is 11.8 Å². The maximum absolute atomic E-state index is 8.81. The van der Waals surface area contributed by atoms with Crippen LogP contribution in [0.3, 0.4) is 0 Å². The molecule has 1 fully saturated rings. The molecule has 0 unspecified atom stereocenters. The third kappa shape index (κ3) is 4.68. The number of aromatic nitrogens is 4. The number of nitrogens with zero attached hydrogens (tertiary/aromatic N) is 6. The van der Waals surface area contributed by atoms with Crippen LogP contribution in [0.2, 0.25) is 0 Å². The number of hydrogen-bond donors (Lipinski definition) is 3. The summed E-state index contributed by atoms with van der Waals surface area (Å²) in [5, 5.41) is 26.9. The Morgan fingerprint density at radius 1 is 1.36 bits per heavy atom. The molecule has 3 heterocycles. The topological polar surface area (TPSA) is 125 Å². The molecule has 3 rings (SSSR count). The van der Waals surface area contributed by atoms with Gasteiger partial charge in [0.15, 0.2) is 17.2 Å². The number of hydrogen-bond acceptors (Lipinski definition) is 9. The van der Waals surface area contributed by atoms with Gasteiger partial charge in [-0.3, -0.25) is 0 Å². The molecule has 2 aromatic heterocycles. The SMILES string of the molecule is [C-]#[N+]C(C)(C)c1nnc(Nc2cnc(C#N)cn2)cc1NC[C@H]1CNCCO1. The molecule has 144 valence electrons. The van der Waals surface area contributed by atoms with Crippen molar-refractivity contribution in [1.29, 1.82) is 5.26 Å². The van der Waals surface area contributed by atoms with E-state index in [0.717, 1.165) is 13.1 Å². The lowest BCUT2D eigenvalue weighted by atomic mass is 10.00. The predicted octanol–water partition coefficient (Wildman–Crippen LogP) is 1.44. The molecule has 10 nitrogen and oxygen atoms in total. The van der Waals surface area contributed by atoms with E-state index < -0.39 is 5.54 Å². The van der Waals surface area contributed by atoms with E-state index in [1.54, 1.807) is 19.9 Å². The lowest BCUT2D eigenvalue weighted by Crippen LogP contribution is -2.42. The third-order valence-electron chi connectivity index (χ3n) is 4.20. The second kappa shape index (κ2) is 8.57. The van der Waals surface area contributed by atoms with Crippen molar-refractivity contribution in [2.75, 3.05) is 36.9 Å². The molecule has 0 aliphatic carbocycles. The van der Waals surface area contributed by atoms with E-state index in [2.05, 4.69) is 41.0 Å². The highest BCUT2D eigenvalue weighted by molar-refractivity contribution is 5.61. The zero-order chi connectivity index (χ0) is 20.0. The van der Waals surface area contributed by atoms with Gasteiger partial charge in [0.2, 0.25) is 0 Å². The Hall–Kier alpha value is -3.34. The van der Waals surface area contributed by atoms with Gasteiger partial charge in [-0.25, -0.2) is 16.5 Å². The Morgan fingerprint density at radius 3 is 2.86 bits per heavy atom. The minimum atomic E-state index is -0.826. The summed E-state index contributed by atoms with van der Waals surface area (Å²) in [6.07, 6.45) is 2.86. The van der Waals surface area contributed by atoms with Crippen molar-refractivity contribution < 1.29 is 4.74 Å². The molecule has 10 heteroatoms. The molecule has 0 amide bonds. The van der Waals surface area contributed by atoms with E-state index in [4.69, 9.17) is 16.6 Å². The van der Waals surface area contributed by atoms with Crippen molar-refractivity contribution in [1.82, 2.24) is 25.5 Å². The maximum Gasteiger partial charge on any atom is 0.272 e. The molecule has 0 spiro atoms. The number of ether oxygens (including phenoxy) is 1. The lowest BCUT2D eigenvalue weighted by Gasteiger charge is -2.25. The number of morpholine rings is 1. The highest BCUT2D eigenvalue weighted by Crippen LogP contribution is 2.30. The van der Waals surface area contributed by atoms with Crippen molar-refractivity contribution in [3.63, 3.8) is 0 Å². The van der Waals surface area contributed by atoms with Crippen LogP contribution in [-0.2, 0) is 10.3 Å². The van der Waals surface area contributed by atoms with E-state index in [0.29, 0.717) is 36.2 Å². The summed E-state index contributed by atoms with van der Waals surface area (Å²) in [6, 6.07) is 3.70. The third-order valence-corrected chi connectivity index (χ3v) is 4.20. The highest BCUT2D eigenvalue weighted by Gasteiger charge is 2.32. The van der Waals surface area contributed by atoms with E-state index >= 15 is 0 Å². The van der Waals surface area contributed by atoms with Crippen LogP contribution in [0.25, 0.3) is 4.85 Å². The van der Waals surface area contributed by atoms with Crippen LogP contribution in [-0.4, -0.2) is 52.5 Å². The van der Waals surface area contributed by atoms with Crippen molar-refractivity contribution in [3.05, 3.63) is 41.3 Å². The summed E-state index contributed by atoms with van der Waals surface area (Å²) in [4.78, 5) is 11.8. The summed E-state index contributed by atoms with van der Waals surface area (Å²) in [5.41, 5.74) is 0.666. The first-order chi connectivity index (χ1) is 13.5. The monoisotopic (exact) mass is 379 g/mol. The van der Waals surface area contributed by atoms with Crippen LogP contribution in [0.15, 0.2) is 18.5 Å². The fourth-order valence-electron chi connectivity index (χ4n) is 2.65. The van der Waals surface area contributed by atoms with Gasteiger partial charge in [0.25, 0.3) is 5.54 Å². The van der Waals surface area contributed by atoms with Gasteiger partial charge in [-0.1, -0.05) is 0 Å². The molecular weight excluding hydrogens is 358 g/mol. The Labute approximate surface area is 163 Å². The van der Waals surface area contributed by atoms with Crippen LogP contribution in [0.4, 0.5) is 17.3 Å². The van der Waals surface area contributed by atoms with Crippen molar-refractivity contribution in [2.24, 2.45) is 0 Å². The Kier molecular flexibility index (Phi) is 5.94. The van der Waals surface area contributed by atoms with Gasteiger partial charge in [0.05, 0.1) is 30.8 Å². The fraction of sp³-hybridized carbons (Fsp3) is 0.444. The first-order valence-corrected chi connectivity index (χ1v) is 8.84. The van der Waals surface area contributed by atoms with Gasteiger partial charge < -0.3 is 25.5 Å². The molecule has 2 aromatic rings. The maximum atomic E-state index is 8.81. The zero-order valence-electron chi connectivity index (χ0n) is 15.7. The number of nitriles is 1. The van der Waals surface area contributed by atoms with Gasteiger partial charge in [-0.15, -0.1) is 10.2 Å². The fourth-order valence-corrected chi connectivity index (χ4v) is 2.65. The van der Waals surface area contributed by atoms with Crippen LogP contribution in [0.5, 0.6) is 0 Å². The molecule has 0 bridgehead atoms. The molecule has 0 saturated carbocycles. The first kappa shape index (κ1) is 19.4. The molecule has 0 aromatic carbocycles. The van der Waals surface area contributed by atoms with E-state index in [1.165, 1.54) is 12.4 Å². The quantitative estimate of drug-likeness (QED) is 0.639. The summed E-state index contributed by atoms with van der Waals surface area (Å²) >= 11 is 0. The summed E-state index contributed by atoms with van der Waals surface area (Å²) < 4.78 is 5.72. The molecule has 3 N–H and O–H groups in total. The van der Waals surface area contributed by atoms with E-state index in [9.17, 15) is 0 Å². The molecular formula is C18H21N9O. The standard InChI is InChI=1S/C18H21N9O/c1-18(2,20-3)17-14(23-10-13-9-21-4-5-28-13)6-15(26-27-17)25-16-11-22-12(7-19)8-24-16/h6,8,11,13,21H,4-5,9-10H2,1-2H3,(H2,23,24,25,26)/t13-/m1/s1. The number of rotatable bonds is 6. The van der Waals surface area contributed by atoms with Crippen LogP contribution in [0, 0.1) is 17.9 Å². The first-order valence-electron chi connectivity index (χ1n) is 8.84. The second-order valence-corrected chi connectivity index (χ2v) is 6.76. The summed E-state index contributed by atoms with van der Waals surface area (Å²) in [7, 11) is 0. The lowest BCUT2D eigenvalue weighted by molar-refractivity contribution is 0.0372.